The Kier molecular flexibility index (Phi) is 7.10. The Morgan fingerprint density at radius 2 is 1.91 bits per heavy atom. The third-order valence-electron chi connectivity index (χ3n) is 5.73. The van der Waals surface area contributed by atoms with Crippen LogP contribution in [0, 0.1) is 0 Å². The first kappa shape index (κ1) is 23.7. The van der Waals surface area contributed by atoms with E-state index in [4.69, 9.17) is 19.2 Å². The molecule has 0 aliphatic carbocycles. The van der Waals surface area contributed by atoms with Gasteiger partial charge in [0, 0.05) is 5.70 Å². The van der Waals surface area contributed by atoms with Gasteiger partial charge in [0.15, 0.2) is 11.5 Å². The quantitative estimate of drug-likeness (QED) is 0.317. The molecule has 1 aliphatic rings. The fourth-order valence-corrected chi connectivity index (χ4v) is 4.23. The number of carbonyl (C=O) groups excluding carboxylic acids is 1. The zero-order valence-electron chi connectivity index (χ0n) is 20.6. The largest absolute Gasteiger partial charge is 0.490 e. The summed E-state index contributed by atoms with van der Waals surface area (Å²) < 4.78 is 19.6. The molecule has 0 unspecified atom stereocenters. The lowest BCUT2D eigenvalue weighted by molar-refractivity contribution is -0.143. The maximum atomic E-state index is 13.3. The molecular weight excluding hydrogens is 430 g/mol. The summed E-state index contributed by atoms with van der Waals surface area (Å²) in [6.45, 7) is 10.8. The third kappa shape index (κ3) is 4.60. The first-order valence-electron chi connectivity index (χ1n) is 12.0. The Bertz CT molecular complexity index is 1210. The van der Waals surface area contributed by atoms with Crippen molar-refractivity contribution in [3.8, 4) is 11.5 Å². The molecule has 4 rings (SSSR count). The summed E-state index contributed by atoms with van der Waals surface area (Å²) in [6.07, 6.45) is 1.79. The number of para-hydroxylation sites is 2. The van der Waals surface area contributed by atoms with E-state index in [1.54, 1.807) is 0 Å². The lowest BCUT2D eigenvalue weighted by Gasteiger charge is -2.31. The number of unbranched alkanes of at least 4 members (excludes halogenated alkanes) is 1. The van der Waals surface area contributed by atoms with E-state index < -0.39 is 6.04 Å². The average molecular weight is 464 g/mol. The third-order valence-corrected chi connectivity index (χ3v) is 5.73. The highest BCUT2D eigenvalue weighted by molar-refractivity contribution is 5.94. The Morgan fingerprint density at radius 1 is 1.12 bits per heavy atom. The van der Waals surface area contributed by atoms with E-state index in [-0.39, 0.29) is 12.1 Å². The standard InChI is InChI=1S/C27H33N3O4/c1-6-8-15-33-22-14-13-19(16-23(22)32-7-2)25-24(26(31)34-17(3)4)18(5)28-27-29-20-11-9-10-12-21(20)30(25)27/h9-14,16-17,25H,6-8,15H2,1-5H3,(H,28,29)/t25-/m1/s1. The van der Waals surface area contributed by atoms with E-state index in [0.717, 1.165) is 35.1 Å². The minimum absolute atomic E-state index is 0.234. The SMILES string of the molecule is CCCCOc1ccc([C@@H]2C(C(=O)OC(C)C)=C(C)Nc3nc4ccccc4n32)cc1OCC. The van der Waals surface area contributed by atoms with Gasteiger partial charge in [0.25, 0.3) is 0 Å². The number of ether oxygens (including phenoxy) is 3. The summed E-state index contributed by atoms with van der Waals surface area (Å²) in [5.74, 6) is 1.70. The Morgan fingerprint density at radius 3 is 2.65 bits per heavy atom. The predicted octanol–water partition coefficient (Wildman–Crippen LogP) is 5.85. The number of nitrogens with one attached hydrogen (secondary N) is 1. The number of anilines is 1. The van der Waals surface area contributed by atoms with Crippen molar-refractivity contribution in [3.63, 3.8) is 0 Å². The minimum Gasteiger partial charge on any atom is -0.490 e. The van der Waals surface area contributed by atoms with Crippen molar-refractivity contribution in [2.45, 2.75) is 59.6 Å². The number of allylic oxidation sites excluding steroid dienone is 1. The fraction of sp³-hybridized carbons (Fsp3) is 0.407. The van der Waals surface area contributed by atoms with Crippen molar-refractivity contribution in [1.29, 1.82) is 0 Å². The van der Waals surface area contributed by atoms with Crippen molar-refractivity contribution in [2.24, 2.45) is 0 Å². The highest BCUT2D eigenvalue weighted by Crippen LogP contribution is 2.42. The summed E-state index contributed by atoms with van der Waals surface area (Å²) >= 11 is 0. The van der Waals surface area contributed by atoms with Crippen LogP contribution in [0.1, 0.15) is 59.1 Å². The maximum Gasteiger partial charge on any atom is 0.338 e. The molecule has 0 spiro atoms. The lowest BCUT2D eigenvalue weighted by atomic mass is 9.94. The van der Waals surface area contributed by atoms with Crippen LogP contribution in [0.15, 0.2) is 53.7 Å². The summed E-state index contributed by atoms with van der Waals surface area (Å²) in [7, 11) is 0. The Balaban J connectivity index is 1.87. The van der Waals surface area contributed by atoms with E-state index in [2.05, 4.69) is 16.8 Å². The number of imidazole rings is 1. The molecule has 0 amide bonds. The molecule has 1 aliphatic heterocycles. The summed E-state index contributed by atoms with van der Waals surface area (Å²) in [6, 6.07) is 13.4. The van der Waals surface area contributed by atoms with E-state index in [1.807, 2.05) is 70.2 Å². The molecule has 7 nitrogen and oxygen atoms in total. The summed E-state index contributed by atoms with van der Waals surface area (Å²) in [5.41, 5.74) is 3.95. The van der Waals surface area contributed by atoms with Crippen molar-refractivity contribution < 1.29 is 19.0 Å². The van der Waals surface area contributed by atoms with Crippen LogP contribution in [0.25, 0.3) is 11.0 Å². The number of hydrogen-bond acceptors (Lipinski definition) is 6. The van der Waals surface area contributed by atoms with Crippen LogP contribution in [0.3, 0.4) is 0 Å². The molecule has 1 aromatic heterocycles. The molecule has 34 heavy (non-hydrogen) atoms. The normalized spacial score (nSPS) is 15.3. The molecule has 7 heteroatoms. The van der Waals surface area contributed by atoms with Crippen LogP contribution in [-0.4, -0.2) is 34.8 Å². The van der Waals surface area contributed by atoms with Gasteiger partial charge in [-0.05, 0) is 63.9 Å². The number of esters is 1. The molecule has 0 saturated heterocycles. The second-order valence-corrected chi connectivity index (χ2v) is 8.66. The van der Waals surface area contributed by atoms with Crippen LogP contribution in [0.5, 0.6) is 11.5 Å². The molecule has 1 N–H and O–H groups in total. The van der Waals surface area contributed by atoms with Crippen LogP contribution in [-0.2, 0) is 9.53 Å². The van der Waals surface area contributed by atoms with Gasteiger partial charge in [0.1, 0.15) is 0 Å². The molecule has 0 radical (unpaired) electrons. The Hall–Kier alpha value is -3.48. The van der Waals surface area contributed by atoms with Gasteiger partial charge in [-0.15, -0.1) is 0 Å². The van der Waals surface area contributed by atoms with Crippen molar-refractivity contribution >= 4 is 23.0 Å². The monoisotopic (exact) mass is 463 g/mol. The molecule has 2 heterocycles. The number of benzene rings is 2. The number of aromatic nitrogens is 2. The predicted molar refractivity (Wildman–Crippen MR) is 133 cm³/mol. The first-order chi connectivity index (χ1) is 16.4. The van der Waals surface area contributed by atoms with Crippen molar-refractivity contribution in [3.05, 3.63) is 59.3 Å². The minimum atomic E-state index is -0.432. The number of carbonyl (C=O) groups is 1. The van der Waals surface area contributed by atoms with Gasteiger partial charge in [-0.3, -0.25) is 4.57 Å². The van der Waals surface area contributed by atoms with Gasteiger partial charge >= 0.3 is 5.97 Å². The smallest absolute Gasteiger partial charge is 0.338 e. The molecule has 3 aromatic rings. The first-order valence-corrected chi connectivity index (χ1v) is 12.0. The van der Waals surface area contributed by atoms with Gasteiger partial charge in [-0.2, -0.15) is 0 Å². The van der Waals surface area contributed by atoms with Gasteiger partial charge in [-0.1, -0.05) is 31.5 Å². The second-order valence-electron chi connectivity index (χ2n) is 8.66. The average Bonchev–Trinajstić information content (AvgIpc) is 3.16. The zero-order valence-corrected chi connectivity index (χ0v) is 20.6. The molecular formula is C27H33N3O4. The van der Waals surface area contributed by atoms with E-state index in [1.165, 1.54) is 0 Å². The van der Waals surface area contributed by atoms with Crippen LogP contribution >= 0.6 is 0 Å². The Labute approximate surface area is 200 Å². The van der Waals surface area contributed by atoms with Crippen LogP contribution in [0.2, 0.25) is 0 Å². The topological polar surface area (TPSA) is 74.6 Å². The molecule has 0 fully saturated rings. The number of rotatable bonds is 9. The van der Waals surface area contributed by atoms with Crippen molar-refractivity contribution in [1.82, 2.24) is 9.55 Å². The molecule has 0 saturated carbocycles. The summed E-state index contributed by atoms with van der Waals surface area (Å²) in [4.78, 5) is 18.1. The highest BCUT2D eigenvalue weighted by Gasteiger charge is 2.35. The van der Waals surface area contributed by atoms with Gasteiger partial charge < -0.3 is 19.5 Å². The van der Waals surface area contributed by atoms with Gasteiger partial charge in [0.05, 0.1) is 42.0 Å². The molecule has 1 atom stereocenters. The molecule has 180 valence electrons. The summed E-state index contributed by atoms with van der Waals surface area (Å²) in [5, 5.41) is 3.31. The maximum absolute atomic E-state index is 13.3. The van der Waals surface area contributed by atoms with E-state index in [9.17, 15) is 4.79 Å². The lowest BCUT2D eigenvalue weighted by Crippen LogP contribution is -2.30. The fourth-order valence-electron chi connectivity index (χ4n) is 4.23. The van der Waals surface area contributed by atoms with Crippen molar-refractivity contribution in [2.75, 3.05) is 18.5 Å². The number of fused-ring (bicyclic) bond motifs is 3. The number of nitrogens with zero attached hydrogens (tertiary/aromatic N) is 2. The van der Waals surface area contributed by atoms with Gasteiger partial charge in [0.2, 0.25) is 5.95 Å². The van der Waals surface area contributed by atoms with Gasteiger partial charge in [-0.25, -0.2) is 9.78 Å². The second kappa shape index (κ2) is 10.2. The van der Waals surface area contributed by atoms with Crippen LogP contribution < -0.4 is 14.8 Å². The van der Waals surface area contributed by atoms with Crippen LogP contribution in [0.4, 0.5) is 5.95 Å². The molecule has 2 aromatic carbocycles. The highest BCUT2D eigenvalue weighted by atomic mass is 16.5. The zero-order chi connectivity index (χ0) is 24.2. The number of hydrogen-bond donors (Lipinski definition) is 1. The molecule has 0 bridgehead atoms. The van der Waals surface area contributed by atoms with E-state index >= 15 is 0 Å². The van der Waals surface area contributed by atoms with E-state index in [0.29, 0.717) is 36.2 Å².